The molecule has 0 spiro atoms. The zero-order valence-corrected chi connectivity index (χ0v) is 20.1. The number of para-hydroxylation sites is 2. The maximum absolute atomic E-state index is 14.1. The van der Waals surface area contributed by atoms with Crippen molar-refractivity contribution in [2.45, 2.75) is 27.2 Å². The van der Waals surface area contributed by atoms with E-state index in [-0.39, 0.29) is 30.5 Å². The van der Waals surface area contributed by atoms with Crippen molar-refractivity contribution in [3.8, 4) is 11.4 Å². The lowest BCUT2D eigenvalue weighted by atomic mass is 10.1. The first kappa shape index (κ1) is 24.2. The minimum absolute atomic E-state index is 0.00142. The number of nitrogens with zero attached hydrogens (tertiary/aromatic N) is 2. The Morgan fingerprint density at radius 3 is 2.54 bits per heavy atom. The Labute approximate surface area is 203 Å². The minimum Gasteiger partial charge on any atom is -0.495 e. The zero-order valence-electron chi connectivity index (χ0n) is 20.1. The number of hydrogen-bond donors (Lipinski definition) is 0. The van der Waals surface area contributed by atoms with Crippen LogP contribution in [0.2, 0.25) is 0 Å². The van der Waals surface area contributed by atoms with Crippen molar-refractivity contribution in [1.82, 2.24) is 4.57 Å². The van der Waals surface area contributed by atoms with Crippen LogP contribution >= 0.6 is 0 Å². The molecule has 3 aromatic rings. The first-order valence-corrected chi connectivity index (χ1v) is 11.3. The Kier molecular flexibility index (Phi) is 6.73. The molecule has 0 radical (unpaired) electrons. The van der Waals surface area contributed by atoms with Gasteiger partial charge in [-0.1, -0.05) is 18.2 Å². The second-order valence-corrected chi connectivity index (χ2v) is 8.66. The Bertz CT molecular complexity index is 1310. The van der Waals surface area contributed by atoms with E-state index in [1.165, 1.54) is 18.1 Å². The molecule has 182 valence electrons. The fraction of sp³-hybridized carbons (Fsp3) is 0.296. The number of ketones is 1. The molecule has 1 unspecified atom stereocenters. The molecule has 1 saturated heterocycles. The second-order valence-electron chi connectivity index (χ2n) is 8.66. The summed E-state index contributed by atoms with van der Waals surface area (Å²) in [4.78, 5) is 39.6. The van der Waals surface area contributed by atoms with Gasteiger partial charge in [0.05, 0.1) is 18.7 Å². The number of carbonyl (C=O) groups is 3. The number of halogens is 1. The highest BCUT2D eigenvalue weighted by Crippen LogP contribution is 2.33. The Morgan fingerprint density at radius 1 is 1.09 bits per heavy atom. The van der Waals surface area contributed by atoms with E-state index in [0.29, 0.717) is 33.9 Å². The minimum atomic E-state index is -0.678. The maximum Gasteiger partial charge on any atom is 0.311 e. The van der Waals surface area contributed by atoms with Gasteiger partial charge in [0.25, 0.3) is 0 Å². The summed E-state index contributed by atoms with van der Waals surface area (Å²) in [7, 11) is 1.52. The molecule has 4 rings (SSSR count). The maximum atomic E-state index is 14.1. The van der Waals surface area contributed by atoms with Crippen LogP contribution in [0.4, 0.5) is 10.1 Å². The van der Waals surface area contributed by atoms with E-state index >= 15 is 0 Å². The molecule has 1 aromatic heterocycles. The lowest BCUT2D eigenvalue weighted by molar-refractivity contribution is -0.147. The van der Waals surface area contributed by atoms with E-state index in [2.05, 4.69) is 0 Å². The summed E-state index contributed by atoms with van der Waals surface area (Å²) in [6.45, 7) is 4.99. The fourth-order valence-corrected chi connectivity index (χ4v) is 4.45. The van der Waals surface area contributed by atoms with Gasteiger partial charge in [0, 0.05) is 35.6 Å². The van der Waals surface area contributed by atoms with Crippen LogP contribution in [0.5, 0.6) is 5.75 Å². The number of Topliss-reactive ketones (excluding diaryl/α,β-unsaturated/α-hetero) is 1. The third-order valence-electron chi connectivity index (χ3n) is 6.33. The van der Waals surface area contributed by atoms with Crippen molar-refractivity contribution in [2.75, 3.05) is 25.2 Å². The predicted octanol–water partition coefficient (Wildman–Crippen LogP) is 4.33. The number of ether oxygens (including phenoxy) is 2. The summed E-state index contributed by atoms with van der Waals surface area (Å²) in [5.74, 6) is -1.64. The van der Waals surface area contributed by atoms with Crippen molar-refractivity contribution in [1.29, 1.82) is 0 Å². The van der Waals surface area contributed by atoms with Gasteiger partial charge in [0.15, 0.2) is 6.61 Å². The van der Waals surface area contributed by atoms with Crippen LogP contribution in [0, 0.1) is 32.5 Å². The van der Waals surface area contributed by atoms with Gasteiger partial charge in [-0.2, -0.15) is 0 Å². The number of benzene rings is 2. The number of carbonyl (C=O) groups excluding carboxylic acids is 3. The van der Waals surface area contributed by atoms with Gasteiger partial charge >= 0.3 is 5.97 Å². The summed E-state index contributed by atoms with van der Waals surface area (Å²) in [5.41, 5.74) is 3.52. The van der Waals surface area contributed by atoms with Gasteiger partial charge in [-0.05, 0) is 56.7 Å². The van der Waals surface area contributed by atoms with E-state index in [4.69, 9.17) is 9.47 Å². The number of aryl methyl sites for hydroxylation is 2. The van der Waals surface area contributed by atoms with E-state index in [9.17, 15) is 18.8 Å². The predicted molar refractivity (Wildman–Crippen MR) is 129 cm³/mol. The summed E-state index contributed by atoms with van der Waals surface area (Å²) in [5, 5.41) is 0. The smallest absolute Gasteiger partial charge is 0.311 e. The number of esters is 1. The SMILES string of the molecule is COc1ccccc1N1CC(C(=O)OCC(=O)c2cc(C)n(-c3ccc(C)c(F)c3)c2C)CC1=O. The summed E-state index contributed by atoms with van der Waals surface area (Å²) < 4.78 is 26.5. The van der Waals surface area contributed by atoms with Crippen molar-refractivity contribution in [3.05, 3.63) is 76.9 Å². The van der Waals surface area contributed by atoms with Crippen molar-refractivity contribution in [2.24, 2.45) is 5.92 Å². The van der Waals surface area contributed by atoms with E-state index < -0.39 is 18.5 Å². The molecule has 0 aliphatic carbocycles. The first-order valence-electron chi connectivity index (χ1n) is 11.3. The van der Waals surface area contributed by atoms with Crippen LogP contribution in [0.1, 0.15) is 33.7 Å². The Hall–Kier alpha value is -3.94. The highest BCUT2D eigenvalue weighted by atomic mass is 19.1. The lowest BCUT2D eigenvalue weighted by Gasteiger charge is -2.19. The lowest BCUT2D eigenvalue weighted by Crippen LogP contribution is -2.27. The van der Waals surface area contributed by atoms with E-state index in [1.54, 1.807) is 60.9 Å². The second kappa shape index (κ2) is 9.74. The molecule has 1 atom stereocenters. The van der Waals surface area contributed by atoms with E-state index in [0.717, 1.165) is 5.69 Å². The number of methoxy groups -OCH3 is 1. The van der Waals surface area contributed by atoms with Gasteiger partial charge in [0.2, 0.25) is 11.7 Å². The Balaban J connectivity index is 1.43. The van der Waals surface area contributed by atoms with Crippen LogP contribution in [0.15, 0.2) is 48.5 Å². The van der Waals surface area contributed by atoms with Crippen LogP contribution in [0.25, 0.3) is 5.69 Å². The molecule has 1 aliphatic rings. The third-order valence-corrected chi connectivity index (χ3v) is 6.33. The van der Waals surface area contributed by atoms with E-state index in [1.807, 2.05) is 6.92 Å². The quantitative estimate of drug-likeness (QED) is 0.373. The van der Waals surface area contributed by atoms with Gasteiger partial charge in [-0.3, -0.25) is 14.4 Å². The molecule has 0 bridgehead atoms. The molecule has 2 heterocycles. The highest BCUT2D eigenvalue weighted by molar-refractivity contribution is 6.02. The fourth-order valence-electron chi connectivity index (χ4n) is 4.45. The first-order chi connectivity index (χ1) is 16.7. The largest absolute Gasteiger partial charge is 0.495 e. The average Bonchev–Trinajstić information content (AvgIpc) is 3.38. The van der Waals surface area contributed by atoms with Crippen molar-refractivity contribution in [3.63, 3.8) is 0 Å². The average molecular weight is 479 g/mol. The van der Waals surface area contributed by atoms with Crippen LogP contribution in [-0.4, -0.2) is 42.5 Å². The van der Waals surface area contributed by atoms with Gasteiger partial charge in [-0.15, -0.1) is 0 Å². The number of amides is 1. The standard InChI is InChI=1S/C27H27FN2O5/c1-16-9-10-20(13-22(16)28)30-17(2)11-21(18(30)3)24(31)15-35-27(33)19-12-26(32)29(14-19)23-7-5-6-8-25(23)34-4/h5-11,13,19H,12,14-15H2,1-4H3. The summed E-state index contributed by atoms with van der Waals surface area (Å²) in [6.07, 6.45) is -0.00142. The highest BCUT2D eigenvalue weighted by Gasteiger charge is 2.37. The summed E-state index contributed by atoms with van der Waals surface area (Å²) >= 11 is 0. The molecule has 2 aromatic carbocycles. The normalized spacial score (nSPS) is 15.4. The molecule has 35 heavy (non-hydrogen) atoms. The van der Waals surface area contributed by atoms with Crippen molar-refractivity contribution >= 4 is 23.3 Å². The molecule has 1 fully saturated rings. The Morgan fingerprint density at radius 2 is 1.83 bits per heavy atom. The zero-order chi connectivity index (χ0) is 25.3. The van der Waals surface area contributed by atoms with Gasteiger partial charge in [0.1, 0.15) is 11.6 Å². The molecular formula is C27H27FN2O5. The monoisotopic (exact) mass is 478 g/mol. The molecule has 0 saturated carbocycles. The molecule has 8 heteroatoms. The number of hydrogen-bond acceptors (Lipinski definition) is 5. The number of rotatable bonds is 7. The van der Waals surface area contributed by atoms with Gasteiger partial charge in [-0.25, -0.2) is 4.39 Å². The van der Waals surface area contributed by atoms with Crippen LogP contribution in [-0.2, 0) is 14.3 Å². The molecular weight excluding hydrogens is 451 g/mol. The molecule has 7 nitrogen and oxygen atoms in total. The number of anilines is 1. The van der Waals surface area contributed by atoms with Gasteiger partial charge < -0.3 is 18.9 Å². The van der Waals surface area contributed by atoms with Crippen LogP contribution < -0.4 is 9.64 Å². The van der Waals surface area contributed by atoms with Crippen molar-refractivity contribution < 1.29 is 28.2 Å². The third kappa shape index (κ3) is 4.69. The number of aromatic nitrogens is 1. The molecule has 1 aliphatic heterocycles. The topological polar surface area (TPSA) is 77.8 Å². The summed E-state index contributed by atoms with van der Waals surface area (Å²) in [6, 6.07) is 13.7. The molecule has 1 amide bonds. The van der Waals surface area contributed by atoms with Crippen LogP contribution in [0.3, 0.4) is 0 Å². The molecule has 0 N–H and O–H groups in total.